The molecule has 1 saturated heterocycles. The quantitative estimate of drug-likeness (QED) is 0.290. The zero-order valence-electron chi connectivity index (χ0n) is 18.7. The van der Waals surface area contributed by atoms with Crippen molar-refractivity contribution in [2.45, 2.75) is 51.7 Å². The minimum Gasteiger partial charge on any atom is -0.490 e. The van der Waals surface area contributed by atoms with Gasteiger partial charge in [-0.1, -0.05) is 48.5 Å². The van der Waals surface area contributed by atoms with Crippen molar-refractivity contribution in [2.75, 3.05) is 6.61 Å². The second-order valence-corrected chi connectivity index (χ2v) is 9.94. The highest BCUT2D eigenvalue weighted by atomic mass is 79.9. The molecule has 2 fully saturated rings. The lowest BCUT2D eigenvalue weighted by molar-refractivity contribution is -0.124. The summed E-state index contributed by atoms with van der Waals surface area (Å²) >= 11 is 15.8. The third kappa shape index (κ3) is 5.53. The molecule has 1 heterocycles. The standard InChI is InChI=1S/C25H25BrCl2N2O4/c1-2-33-22-12-15(10-19(26)23(22)34-14-16-8-9-17(27)13-20(16)28)11-21-24(31)30(25(32)29-21)18-6-4-3-5-7-18/h8-13,18H,2-7,14H2,1H3,(H,29,32)/b21-11-. The van der Waals surface area contributed by atoms with Gasteiger partial charge in [0.1, 0.15) is 12.3 Å². The molecule has 2 aliphatic rings. The maximum atomic E-state index is 13.0. The van der Waals surface area contributed by atoms with E-state index in [1.54, 1.807) is 24.3 Å². The summed E-state index contributed by atoms with van der Waals surface area (Å²) in [6, 6.07) is 8.44. The molecule has 2 aromatic rings. The summed E-state index contributed by atoms with van der Waals surface area (Å²) in [4.78, 5) is 26.9. The number of ether oxygens (including phenoxy) is 2. The van der Waals surface area contributed by atoms with Crippen LogP contribution in [0.3, 0.4) is 0 Å². The lowest BCUT2D eigenvalue weighted by Gasteiger charge is -2.28. The maximum absolute atomic E-state index is 13.0. The number of rotatable bonds is 7. The summed E-state index contributed by atoms with van der Waals surface area (Å²) < 4.78 is 12.5. The van der Waals surface area contributed by atoms with Gasteiger partial charge in [0.25, 0.3) is 5.91 Å². The molecule has 1 N–H and O–H groups in total. The van der Waals surface area contributed by atoms with E-state index in [1.165, 1.54) is 4.90 Å². The van der Waals surface area contributed by atoms with Crippen LogP contribution in [0.5, 0.6) is 11.5 Å². The molecule has 0 atom stereocenters. The van der Waals surface area contributed by atoms with Gasteiger partial charge in [0, 0.05) is 21.7 Å². The maximum Gasteiger partial charge on any atom is 0.329 e. The van der Waals surface area contributed by atoms with Crippen LogP contribution in [0, 0.1) is 0 Å². The molecule has 34 heavy (non-hydrogen) atoms. The van der Waals surface area contributed by atoms with Gasteiger partial charge in [-0.2, -0.15) is 0 Å². The van der Waals surface area contributed by atoms with Crippen molar-refractivity contribution in [2.24, 2.45) is 0 Å². The van der Waals surface area contributed by atoms with Gasteiger partial charge in [-0.15, -0.1) is 0 Å². The van der Waals surface area contributed by atoms with Crippen LogP contribution < -0.4 is 14.8 Å². The fraction of sp³-hybridized carbons (Fsp3) is 0.360. The molecule has 4 rings (SSSR count). The molecule has 1 saturated carbocycles. The van der Waals surface area contributed by atoms with Crippen LogP contribution in [0.15, 0.2) is 40.5 Å². The van der Waals surface area contributed by atoms with Crippen LogP contribution in [0.1, 0.15) is 50.2 Å². The number of nitrogens with one attached hydrogen (secondary N) is 1. The average molecular weight is 568 g/mol. The SMILES string of the molecule is CCOc1cc(/C=C2\NC(=O)N(C3CCCCC3)C2=O)cc(Br)c1OCc1ccc(Cl)cc1Cl. The van der Waals surface area contributed by atoms with Crippen LogP contribution >= 0.6 is 39.1 Å². The van der Waals surface area contributed by atoms with Gasteiger partial charge in [0.05, 0.1) is 11.1 Å². The van der Waals surface area contributed by atoms with Crippen molar-refractivity contribution in [1.29, 1.82) is 0 Å². The van der Waals surface area contributed by atoms with Gasteiger partial charge in [0.15, 0.2) is 11.5 Å². The lowest BCUT2D eigenvalue weighted by Crippen LogP contribution is -2.41. The lowest BCUT2D eigenvalue weighted by atomic mass is 9.94. The predicted octanol–water partition coefficient (Wildman–Crippen LogP) is 6.96. The van der Waals surface area contributed by atoms with E-state index in [4.69, 9.17) is 32.7 Å². The number of benzene rings is 2. The second kappa shape index (κ2) is 11.0. The molecule has 1 aliphatic heterocycles. The molecule has 6 nitrogen and oxygen atoms in total. The molecule has 0 bridgehead atoms. The largest absolute Gasteiger partial charge is 0.490 e. The first-order chi connectivity index (χ1) is 16.4. The van der Waals surface area contributed by atoms with E-state index >= 15 is 0 Å². The summed E-state index contributed by atoms with van der Waals surface area (Å²) in [5.41, 5.74) is 1.74. The van der Waals surface area contributed by atoms with Crippen molar-refractivity contribution in [3.63, 3.8) is 0 Å². The van der Waals surface area contributed by atoms with Gasteiger partial charge in [0.2, 0.25) is 0 Å². The van der Waals surface area contributed by atoms with Gasteiger partial charge in [-0.25, -0.2) is 4.79 Å². The Kier molecular flexibility index (Phi) is 8.06. The number of imide groups is 1. The Balaban J connectivity index is 1.56. The van der Waals surface area contributed by atoms with Crippen LogP contribution in [-0.2, 0) is 11.4 Å². The summed E-state index contributed by atoms with van der Waals surface area (Å²) in [6.07, 6.45) is 6.60. The average Bonchev–Trinajstić information content (AvgIpc) is 3.08. The zero-order chi connectivity index (χ0) is 24.2. The Labute approximate surface area is 217 Å². The number of nitrogens with zero attached hydrogens (tertiary/aromatic N) is 1. The summed E-state index contributed by atoms with van der Waals surface area (Å²) in [7, 11) is 0. The first kappa shape index (κ1) is 24.9. The third-order valence-electron chi connectivity index (χ3n) is 5.88. The highest BCUT2D eigenvalue weighted by Crippen LogP contribution is 2.39. The van der Waals surface area contributed by atoms with Crippen molar-refractivity contribution in [1.82, 2.24) is 10.2 Å². The molecule has 2 aromatic carbocycles. The molecule has 0 aromatic heterocycles. The number of hydrogen-bond donors (Lipinski definition) is 1. The Hall–Kier alpha value is -2.22. The molecule has 0 radical (unpaired) electrons. The summed E-state index contributed by atoms with van der Waals surface area (Å²) in [5.74, 6) is 0.735. The number of urea groups is 1. The minimum atomic E-state index is -0.355. The molecule has 180 valence electrons. The topological polar surface area (TPSA) is 67.9 Å². The number of amides is 3. The van der Waals surface area contributed by atoms with Crippen molar-refractivity contribution in [3.05, 3.63) is 61.7 Å². The van der Waals surface area contributed by atoms with E-state index in [9.17, 15) is 9.59 Å². The van der Waals surface area contributed by atoms with Gasteiger partial charge in [-0.05, 0) is 71.6 Å². The van der Waals surface area contributed by atoms with E-state index < -0.39 is 0 Å². The molecule has 9 heteroatoms. The molecular weight excluding hydrogens is 543 g/mol. The van der Waals surface area contributed by atoms with E-state index in [2.05, 4.69) is 21.2 Å². The molecule has 1 aliphatic carbocycles. The normalized spacial score (nSPS) is 17.9. The fourth-order valence-corrected chi connectivity index (χ4v) is 5.29. The Bertz CT molecular complexity index is 1130. The highest BCUT2D eigenvalue weighted by Gasteiger charge is 2.39. The van der Waals surface area contributed by atoms with Crippen LogP contribution in [0.2, 0.25) is 10.0 Å². The Morgan fingerprint density at radius 3 is 2.59 bits per heavy atom. The third-order valence-corrected chi connectivity index (χ3v) is 7.06. The highest BCUT2D eigenvalue weighted by molar-refractivity contribution is 9.10. The van der Waals surface area contributed by atoms with E-state index in [1.807, 2.05) is 19.1 Å². The minimum absolute atomic E-state index is 0.0339. The van der Waals surface area contributed by atoms with E-state index in [-0.39, 0.29) is 30.3 Å². The molecular formula is C25H25BrCl2N2O4. The first-order valence-electron chi connectivity index (χ1n) is 11.3. The Morgan fingerprint density at radius 1 is 1.12 bits per heavy atom. The van der Waals surface area contributed by atoms with Crippen molar-refractivity contribution < 1.29 is 19.1 Å². The van der Waals surface area contributed by atoms with E-state index in [0.717, 1.165) is 37.7 Å². The monoisotopic (exact) mass is 566 g/mol. The number of halogens is 3. The first-order valence-corrected chi connectivity index (χ1v) is 12.8. The van der Waals surface area contributed by atoms with Crippen LogP contribution in [0.4, 0.5) is 4.79 Å². The Morgan fingerprint density at radius 2 is 1.88 bits per heavy atom. The molecule has 0 spiro atoms. The zero-order valence-corrected chi connectivity index (χ0v) is 21.8. The van der Waals surface area contributed by atoms with Crippen LogP contribution in [-0.4, -0.2) is 29.5 Å². The van der Waals surface area contributed by atoms with Crippen LogP contribution in [0.25, 0.3) is 6.08 Å². The van der Waals surface area contributed by atoms with Gasteiger partial charge < -0.3 is 14.8 Å². The second-order valence-electron chi connectivity index (χ2n) is 8.24. The van der Waals surface area contributed by atoms with Gasteiger partial charge in [-0.3, -0.25) is 9.69 Å². The molecule has 3 amide bonds. The number of hydrogen-bond acceptors (Lipinski definition) is 4. The van der Waals surface area contributed by atoms with Crippen molar-refractivity contribution >= 4 is 57.1 Å². The summed E-state index contributed by atoms with van der Waals surface area (Å²) in [6.45, 7) is 2.53. The fourth-order valence-electron chi connectivity index (χ4n) is 4.25. The predicted molar refractivity (Wildman–Crippen MR) is 136 cm³/mol. The summed E-state index contributed by atoms with van der Waals surface area (Å²) in [5, 5.41) is 3.80. The molecule has 0 unspecified atom stereocenters. The van der Waals surface area contributed by atoms with E-state index in [0.29, 0.717) is 38.2 Å². The number of carbonyl (C=O) groups excluding carboxylic acids is 2. The number of carbonyl (C=O) groups is 2. The smallest absolute Gasteiger partial charge is 0.329 e. The van der Waals surface area contributed by atoms with Crippen molar-refractivity contribution in [3.8, 4) is 11.5 Å². The van der Waals surface area contributed by atoms with Gasteiger partial charge >= 0.3 is 6.03 Å².